The van der Waals surface area contributed by atoms with Crippen LogP contribution >= 0.6 is 0 Å². The van der Waals surface area contributed by atoms with Crippen molar-refractivity contribution in [3.8, 4) is 0 Å². The lowest BCUT2D eigenvalue weighted by Gasteiger charge is -1.99. The van der Waals surface area contributed by atoms with Gasteiger partial charge in [-0.15, -0.1) is 0 Å². The number of halogens is 1. The molecule has 1 aromatic heterocycles. The molecule has 1 aromatic carbocycles. The molecule has 0 amide bonds. The third-order valence-corrected chi connectivity index (χ3v) is 2.04. The number of fused-ring (bicyclic) bond motifs is 1. The van der Waals surface area contributed by atoms with Gasteiger partial charge in [-0.1, -0.05) is 27.7 Å². The van der Waals surface area contributed by atoms with E-state index < -0.39 is 0 Å². The molecule has 0 radical (unpaired) electrons. The highest BCUT2D eigenvalue weighted by Gasteiger charge is 2.08. The topological polar surface area (TPSA) is 13.1 Å². The van der Waals surface area contributed by atoms with E-state index in [4.69, 9.17) is 4.42 Å². The first-order chi connectivity index (χ1) is 7.70. The highest BCUT2D eigenvalue weighted by molar-refractivity contribution is 5.81. The van der Waals surface area contributed by atoms with E-state index in [2.05, 4.69) is 0 Å². The van der Waals surface area contributed by atoms with Crippen molar-refractivity contribution >= 4 is 11.0 Å². The van der Waals surface area contributed by atoms with Gasteiger partial charge in [-0.3, -0.25) is 0 Å². The minimum atomic E-state index is -0.177. The van der Waals surface area contributed by atoms with E-state index >= 15 is 0 Å². The lowest BCUT2D eigenvalue weighted by Crippen LogP contribution is -1.84. The smallest absolute Gasteiger partial charge is 0.139 e. The van der Waals surface area contributed by atoms with E-state index in [1.165, 1.54) is 6.26 Å². The lowest BCUT2D eigenvalue weighted by atomic mass is 10.1. The Hall–Kier alpha value is -1.31. The summed E-state index contributed by atoms with van der Waals surface area (Å²) >= 11 is 0. The van der Waals surface area contributed by atoms with E-state index in [0.29, 0.717) is 16.5 Å². The Balaban J connectivity index is 0.000000509. The normalized spacial score (nSPS) is 8.94. The van der Waals surface area contributed by atoms with Crippen molar-refractivity contribution in [1.29, 1.82) is 0 Å². The molecule has 0 aliphatic heterocycles. The molecule has 1 heterocycles. The van der Waals surface area contributed by atoms with Gasteiger partial charge in [-0.05, 0) is 37.1 Å². The summed E-state index contributed by atoms with van der Waals surface area (Å²) in [6.45, 7) is 11.7. The second kappa shape index (κ2) is 7.04. The average Bonchev–Trinajstić information content (AvgIpc) is 2.81. The minimum Gasteiger partial charge on any atom is -0.464 e. The van der Waals surface area contributed by atoms with E-state index in [9.17, 15) is 4.39 Å². The Morgan fingerprint density at radius 3 is 2.12 bits per heavy atom. The Morgan fingerprint density at radius 2 is 1.56 bits per heavy atom. The zero-order valence-corrected chi connectivity index (χ0v) is 11.0. The molecule has 0 fully saturated rings. The summed E-state index contributed by atoms with van der Waals surface area (Å²) < 4.78 is 18.5. The van der Waals surface area contributed by atoms with E-state index in [1.807, 2.05) is 34.6 Å². The molecule has 0 bridgehead atoms. The van der Waals surface area contributed by atoms with Crippen molar-refractivity contribution < 1.29 is 8.81 Å². The third kappa shape index (κ3) is 2.84. The molecule has 0 saturated heterocycles. The fourth-order valence-corrected chi connectivity index (χ4v) is 1.45. The van der Waals surface area contributed by atoms with Gasteiger partial charge in [0.1, 0.15) is 11.4 Å². The van der Waals surface area contributed by atoms with Gasteiger partial charge in [0.25, 0.3) is 0 Å². The number of benzene rings is 1. The summed E-state index contributed by atoms with van der Waals surface area (Å²) in [5.74, 6) is -0.177. The zero-order chi connectivity index (χ0) is 12.7. The maximum absolute atomic E-state index is 13.4. The summed E-state index contributed by atoms with van der Waals surface area (Å²) in [6.07, 6.45) is 1.51. The number of aryl methyl sites for hydroxylation is 2. The van der Waals surface area contributed by atoms with Crippen molar-refractivity contribution in [2.24, 2.45) is 0 Å². The Morgan fingerprint density at radius 1 is 1.00 bits per heavy atom. The van der Waals surface area contributed by atoms with Gasteiger partial charge in [0.05, 0.1) is 11.6 Å². The summed E-state index contributed by atoms with van der Waals surface area (Å²) in [5.41, 5.74) is 2.30. The molecule has 90 valence electrons. The monoisotopic (exact) mass is 224 g/mol. The molecule has 0 aliphatic carbocycles. The Labute approximate surface area is 97.3 Å². The molecule has 0 aliphatic rings. The first-order valence-corrected chi connectivity index (χ1v) is 5.83. The van der Waals surface area contributed by atoms with Crippen LogP contribution in [0.4, 0.5) is 4.39 Å². The zero-order valence-electron chi connectivity index (χ0n) is 11.0. The summed E-state index contributed by atoms with van der Waals surface area (Å²) in [7, 11) is 0. The van der Waals surface area contributed by atoms with Crippen molar-refractivity contribution in [3.63, 3.8) is 0 Å². The van der Waals surface area contributed by atoms with Gasteiger partial charge in [0, 0.05) is 0 Å². The minimum absolute atomic E-state index is 0.177. The van der Waals surface area contributed by atoms with Crippen molar-refractivity contribution in [2.75, 3.05) is 0 Å². The number of hydrogen-bond donors (Lipinski definition) is 0. The standard InChI is InChI=1S/C10H9FO.2C2H6/c1-6-5-7(2)10-8(9(6)11)3-4-12-10;2*1-2/h3-5H,1-2H3;2*1-2H3. The molecule has 16 heavy (non-hydrogen) atoms. The molecule has 2 rings (SSSR count). The molecule has 0 N–H and O–H groups in total. The first-order valence-electron chi connectivity index (χ1n) is 5.83. The van der Waals surface area contributed by atoms with Gasteiger partial charge in [-0.25, -0.2) is 4.39 Å². The summed E-state index contributed by atoms with van der Waals surface area (Å²) in [4.78, 5) is 0. The fraction of sp³-hybridized carbons (Fsp3) is 0.429. The lowest BCUT2D eigenvalue weighted by molar-refractivity contribution is 0.605. The van der Waals surface area contributed by atoms with Gasteiger partial charge in [-0.2, -0.15) is 0 Å². The Kier molecular flexibility index (Phi) is 6.47. The third-order valence-electron chi connectivity index (χ3n) is 2.04. The quantitative estimate of drug-likeness (QED) is 0.596. The van der Waals surface area contributed by atoms with Crippen molar-refractivity contribution in [1.82, 2.24) is 0 Å². The van der Waals surface area contributed by atoms with Crippen LogP contribution in [-0.4, -0.2) is 0 Å². The summed E-state index contributed by atoms with van der Waals surface area (Å²) in [6, 6.07) is 3.45. The molecular formula is C14H21FO. The maximum Gasteiger partial charge on any atom is 0.139 e. The van der Waals surface area contributed by atoms with Crippen LogP contribution in [0.2, 0.25) is 0 Å². The van der Waals surface area contributed by atoms with E-state index in [1.54, 1.807) is 19.1 Å². The second-order valence-corrected chi connectivity index (χ2v) is 2.99. The second-order valence-electron chi connectivity index (χ2n) is 2.99. The molecule has 0 spiro atoms. The van der Waals surface area contributed by atoms with Crippen LogP contribution in [-0.2, 0) is 0 Å². The van der Waals surface area contributed by atoms with E-state index in [-0.39, 0.29) is 5.82 Å². The van der Waals surface area contributed by atoms with E-state index in [0.717, 1.165) is 5.56 Å². The largest absolute Gasteiger partial charge is 0.464 e. The number of furan rings is 1. The number of rotatable bonds is 0. The molecule has 0 saturated carbocycles. The Bertz CT molecular complexity index is 429. The van der Waals surface area contributed by atoms with Crippen LogP contribution < -0.4 is 0 Å². The SMILES string of the molecule is CC.CC.Cc1cc(C)c2occc2c1F. The van der Waals surface area contributed by atoms with Crippen LogP contribution in [0, 0.1) is 19.7 Å². The highest BCUT2D eigenvalue weighted by Crippen LogP contribution is 2.24. The molecule has 0 atom stereocenters. The van der Waals surface area contributed by atoms with Crippen LogP contribution in [0.5, 0.6) is 0 Å². The first kappa shape index (κ1) is 14.7. The van der Waals surface area contributed by atoms with Crippen LogP contribution in [0.25, 0.3) is 11.0 Å². The van der Waals surface area contributed by atoms with Crippen molar-refractivity contribution in [3.05, 3.63) is 35.3 Å². The predicted molar refractivity (Wildman–Crippen MR) is 68.3 cm³/mol. The molecule has 2 heteroatoms. The fourth-order valence-electron chi connectivity index (χ4n) is 1.45. The van der Waals surface area contributed by atoms with Crippen molar-refractivity contribution in [2.45, 2.75) is 41.5 Å². The highest BCUT2D eigenvalue weighted by atomic mass is 19.1. The number of hydrogen-bond acceptors (Lipinski definition) is 1. The van der Waals surface area contributed by atoms with Gasteiger partial charge in [0.15, 0.2) is 0 Å². The molecule has 2 aromatic rings. The average molecular weight is 224 g/mol. The van der Waals surface area contributed by atoms with Gasteiger partial charge in [0.2, 0.25) is 0 Å². The van der Waals surface area contributed by atoms with Crippen LogP contribution in [0.1, 0.15) is 38.8 Å². The van der Waals surface area contributed by atoms with Crippen LogP contribution in [0.3, 0.4) is 0 Å². The van der Waals surface area contributed by atoms with Gasteiger partial charge >= 0.3 is 0 Å². The van der Waals surface area contributed by atoms with Crippen LogP contribution in [0.15, 0.2) is 22.8 Å². The molecule has 1 nitrogen and oxygen atoms in total. The van der Waals surface area contributed by atoms with Gasteiger partial charge < -0.3 is 4.42 Å². The maximum atomic E-state index is 13.4. The molecule has 0 unspecified atom stereocenters. The molecular weight excluding hydrogens is 203 g/mol. The summed E-state index contributed by atoms with van der Waals surface area (Å²) in [5, 5.41) is 0.576. The predicted octanol–water partition coefficient (Wildman–Crippen LogP) is 5.24.